The Balaban J connectivity index is 1.96. The van der Waals surface area contributed by atoms with Gasteiger partial charge >= 0.3 is 0 Å². The highest BCUT2D eigenvalue weighted by Gasteiger charge is 2.57. The van der Waals surface area contributed by atoms with Crippen molar-refractivity contribution < 1.29 is 14.2 Å². The van der Waals surface area contributed by atoms with Crippen LogP contribution >= 0.6 is 0 Å². The fourth-order valence-electron chi connectivity index (χ4n) is 3.29. The Morgan fingerprint density at radius 2 is 2.32 bits per heavy atom. The number of nitrogens with zero attached hydrogens (tertiary/aromatic N) is 1. The zero-order valence-corrected chi connectivity index (χ0v) is 10.8. The lowest BCUT2D eigenvalue weighted by Gasteiger charge is -2.33. The fraction of sp³-hybridized carbons (Fsp3) is 0.533. The number of hydrogen-bond donors (Lipinski definition) is 1. The number of fused-ring (bicyclic) bond motifs is 2. The second kappa shape index (κ2) is 4.29. The van der Waals surface area contributed by atoms with Crippen LogP contribution in [0.5, 0.6) is 0 Å². The predicted octanol–water partition coefficient (Wildman–Crippen LogP) is 2.63. The Hall–Kier alpha value is -1.44. The lowest BCUT2D eigenvalue weighted by atomic mass is 9.69. The molecule has 2 aliphatic rings. The summed E-state index contributed by atoms with van der Waals surface area (Å²) in [5, 5.41) is 20.0. The van der Waals surface area contributed by atoms with Crippen LogP contribution in [0, 0.1) is 29.5 Å². The van der Waals surface area contributed by atoms with Crippen LogP contribution in [0.4, 0.5) is 4.39 Å². The van der Waals surface area contributed by atoms with Crippen molar-refractivity contribution in [1.82, 2.24) is 0 Å². The molecule has 1 aromatic carbocycles. The fourth-order valence-corrected chi connectivity index (χ4v) is 3.29. The van der Waals surface area contributed by atoms with Gasteiger partial charge in [-0.3, -0.25) is 0 Å². The monoisotopic (exact) mass is 261 g/mol. The Morgan fingerprint density at radius 1 is 1.53 bits per heavy atom. The minimum absolute atomic E-state index is 0.0644. The molecule has 0 spiro atoms. The van der Waals surface area contributed by atoms with Gasteiger partial charge in [-0.05, 0) is 43.4 Å². The third-order valence-corrected chi connectivity index (χ3v) is 4.46. The molecule has 0 aromatic heterocycles. The maximum atomic E-state index is 13.6. The summed E-state index contributed by atoms with van der Waals surface area (Å²) in [6.07, 6.45) is 1.11. The molecule has 19 heavy (non-hydrogen) atoms. The van der Waals surface area contributed by atoms with Crippen molar-refractivity contribution in [2.45, 2.75) is 44.5 Å². The normalized spacial score (nSPS) is 34.2. The van der Waals surface area contributed by atoms with Gasteiger partial charge in [0.1, 0.15) is 17.3 Å². The topological polar surface area (TPSA) is 53.2 Å². The van der Waals surface area contributed by atoms with E-state index in [1.165, 1.54) is 6.07 Å². The van der Waals surface area contributed by atoms with Crippen LogP contribution in [0.3, 0.4) is 0 Å². The second-order valence-electron chi connectivity index (χ2n) is 5.59. The average Bonchev–Trinajstić information content (AvgIpc) is 3.02. The van der Waals surface area contributed by atoms with Gasteiger partial charge in [0.2, 0.25) is 0 Å². The maximum Gasteiger partial charge on any atom is 0.126 e. The molecule has 2 saturated heterocycles. The molecular weight excluding hydrogens is 245 g/mol. The van der Waals surface area contributed by atoms with Gasteiger partial charge in [0.15, 0.2) is 0 Å². The number of benzene rings is 1. The molecule has 4 heteroatoms. The van der Waals surface area contributed by atoms with Crippen molar-refractivity contribution in [3.63, 3.8) is 0 Å². The summed E-state index contributed by atoms with van der Waals surface area (Å²) in [6, 6.07) is 6.89. The quantitative estimate of drug-likeness (QED) is 0.890. The van der Waals surface area contributed by atoms with E-state index >= 15 is 0 Å². The molecule has 1 aromatic rings. The Morgan fingerprint density at radius 3 is 2.84 bits per heavy atom. The van der Waals surface area contributed by atoms with Crippen molar-refractivity contribution >= 4 is 0 Å². The zero-order valence-electron chi connectivity index (χ0n) is 10.8. The number of halogens is 1. The summed E-state index contributed by atoms with van der Waals surface area (Å²) >= 11 is 0. The summed E-state index contributed by atoms with van der Waals surface area (Å²) in [5.74, 6) is -0.353. The average molecular weight is 261 g/mol. The Labute approximate surface area is 111 Å². The largest absolute Gasteiger partial charge is 0.387 e. The van der Waals surface area contributed by atoms with Gasteiger partial charge in [0.05, 0.1) is 18.3 Å². The number of ether oxygens (including phenoxy) is 1. The number of rotatable bonds is 2. The SMILES string of the molecule is Cc1ccc(C(O)C2(C#N)CC3CCC2O3)cc1F. The molecule has 0 aliphatic carbocycles. The summed E-state index contributed by atoms with van der Waals surface area (Å²) < 4.78 is 19.3. The van der Waals surface area contributed by atoms with Gasteiger partial charge in [-0.15, -0.1) is 0 Å². The first-order chi connectivity index (χ1) is 9.06. The zero-order chi connectivity index (χ0) is 13.6. The molecule has 0 amide bonds. The van der Waals surface area contributed by atoms with Gasteiger partial charge < -0.3 is 9.84 Å². The van der Waals surface area contributed by atoms with Crippen molar-refractivity contribution in [2.75, 3.05) is 0 Å². The molecule has 2 aliphatic heterocycles. The molecule has 2 bridgehead atoms. The second-order valence-corrected chi connectivity index (χ2v) is 5.59. The van der Waals surface area contributed by atoms with E-state index in [9.17, 15) is 14.8 Å². The standard InChI is InChI=1S/C15H16FNO2/c1-9-2-3-10(6-12(9)16)14(18)15(8-17)7-11-4-5-13(15)19-11/h2-3,6,11,13-14,18H,4-5,7H2,1H3. The highest BCUT2D eigenvalue weighted by molar-refractivity contribution is 5.30. The first-order valence-electron chi connectivity index (χ1n) is 6.57. The van der Waals surface area contributed by atoms with Crippen LogP contribution in [0.2, 0.25) is 0 Å². The summed E-state index contributed by atoms with van der Waals surface area (Å²) in [7, 11) is 0. The highest BCUT2D eigenvalue weighted by atomic mass is 19.1. The van der Waals surface area contributed by atoms with E-state index in [0.717, 1.165) is 12.8 Å². The minimum Gasteiger partial charge on any atom is -0.387 e. The van der Waals surface area contributed by atoms with Crippen LogP contribution in [-0.2, 0) is 4.74 Å². The van der Waals surface area contributed by atoms with E-state index in [1.54, 1.807) is 19.1 Å². The highest BCUT2D eigenvalue weighted by Crippen LogP contribution is 2.53. The van der Waals surface area contributed by atoms with Crippen LogP contribution < -0.4 is 0 Å². The van der Waals surface area contributed by atoms with E-state index in [4.69, 9.17) is 4.74 Å². The van der Waals surface area contributed by atoms with E-state index in [0.29, 0.717) is 17.5 Å². The van der Waals surface area contributed by atoms with E-state index < -0.39 is 11.5 Å². The molecule has 2 heterocycles. The first kappa shape index (κ1) is 12.6. The van der Waals surface area contributed by atoms with Crippen LogP contribution in [0.15, 0.2) is 18.2 Å². The van der Waals surface area contributed by atoms with Crippen LogP contribution in [0.25, 0.3) is 0 Å². The first-order valence-corrected chi connectivity index (χ1v) is 6.57. The number of aryl methyl sites for hydroxylation is 1. The number of aliphatic hydroxyl groups excluding tert-OH is 1. The van der Waals surface area contributed by atoms with Gasteiger partial charge in [0.25, 0.3) is 0 Å². The third kappa shape index (κ3) is 1.77. The Bertz CT molecular complexity index is 554. The van der Waals surface area contributed by atoms with Crippen molar-refractivity contribution in [3.8, 4) is 6.07 Å². The molecule has 0 radical (unpaired) electrons. The Kier molecular flexibility index (Phi) is 2.84. The van der Waals surface area contributed by atoms with E-state index in [1.807, 2.05) is 0 Å². The van der Waals surface area contributed by atoms with Gasteiger partial charge in [-0.25, -0.2) is 4.39 Å². The smallest absolute Gasteiger partial charge is 0.126 e. The molecule has 4 atom stereocenters. The molecule has 3 rings (SSSR count). The lowest BCUT2D eigenvalue weighted by molar-refractivity contribution is 0.00327. The number of aliphatic hydroxyl groups is 1. The molecular formula is C15H16FNO2. The molecule has 100 valence electrons. The minimum atomic E-state index is -0.997. The van der Waals surface area contributed by atoms with Gasteiger partial charge in [-0.2, -0.15) is 5.26 Å². The molecule has 1 N–H and O–H groups in total. The van der Waals surface area contributed by atoms with E-state index in [-0.39, 0.29) is 18.0 Å². The molecule has 3 nitrogen and oxygen atoms in total. The lowest BCUT2D eigenvalue weighted by Crippen LogP contribution is -2.37. The van der Waals surface area contributed by atoms with Crippen molar-refractivity contribution in [1.29, 1.82) is 5.26 Å². The van der Waals surface area contributed by atoms with Crippen molar-refractivity contribution in [2.24, 2.45) is 5.41 Å². The van der Waals surface area contributed by atoms with Gasteiger partial charge in [-0.1, -0.05) is 12.1 Å². The molecule has 4 unspecified atom stereocenters. The van der Waals surface area contributed by atoms with E-state index in [2.05, 4.69) is 6.07 Å². The summed E-state index contributed by atoms with van der Waals surface area (Å²) in [5.41, 5.74) is 0.0666. The maximum absolute atomic E-state index is 13.6. The summed E-state index contributed by atoms with van der Waals surface area (Å²) in [4.78, 5) is 0. The molecule has 2 fully saturated rings. The van der Waals surface area contributed by atoms with Crippen LogP contribution in [-0.4, -0.2) is 17.3 Å². The predicted molar refractivity (Wildman–Crippen MR) is 66.7 cm³/mol. The number of nitriles is 1. The molecule has 0 saturated carbocycles. The van der Waals surface area contributed by atoms with Crippen molar-refractivity contribution in [3.05, 3.63) is 35.1 Å². The van der Waals surface area contributed by atoms with Crippen LogP contribution in [0.1, 0.15) is 36.5 Å². The number of hydrogen-bond acceptors (Lipinski definition) is 3. The van der Waals surface area contributed by atoms with Gasteiger partial charge in [0, 0.05) is 0 Å². The summed E-state index contributed by atoms with van der Waals surface area (Å²) in [6.45, 7) is 1.67. The third-order valence-electron chi connectivity index (χ3n) is 4.46.